The number of amides is 1. The number of aromatic nitrogens is 2. The van der Waals surface area contributed by atoms with E-state index in [1.165, 1.54) is 16.4 Å². The highest BCUT2D eigenvalue weighted by molar-refractivity contribution is 5.86. The maximum Gasteiger partial charge on any atom is 0.574 e. The number of halogens is 3. The van der Waals surface area contributed by atoms with E-state index in [4.69, 9.17) is 9.47 Å². The normalized spacial score (nSPS) is 14.8. The lowest BCUT2D eigenvalue weighted by atomic mass is 9.96. The molecule has 10 heteroatoms. The van der Waals surface area contributed by atoms with Crippen molar-refractivity contribution < 1.29 is 32.2 Å². The van der Waals surface area contributed by atoms with Crippen LogP contribution in [0, 0.1) is 0 Å². The topological polar surface area (TPSA) is 74.6 Å². The van der Waals surface area contributed by atoms with Gasteiger partial charge in [0.15, 0.2) is 0 Å². The van der Waals surface area contributed by atoms with Crippen molar-refractivity contribution in [2.75, 3.05) is 12.4 Å². The Morgan fingerprint density at radius 1 is 1.12 bits per heavy atom. The van der Waals surface area contributed by atoms with Crippen molar-refractivity contribution in [3.63, 3.8) is 0 Å². The summed E-state index contributed by atoms with van der Waals surface area (Å²) in [5.41, 5.74) is 0.293. The fourth-order valence-corrected chi connectivity index (χ4v) is 3.33. The predicted molar refractivity (Wildman–Crippen MR) is 118 cm³/mol. The second-order valence-electron chi connectivity index (χ2n) is 8.71. The van der Waals surface area contributed by atoms with Gasteiger partial charge in [0, 0.05) is 7.11 Å². The Hall–Kier alpha value is -2.75. The van der Waals surface area contributed by atoms with Crippen LogP contribution in [0.25, 0.3) is 0 Å². The van der Waals surface area contributed by atoms with Crippen LogP contribution in [0.5, 0.6) is 5.88 Å². The maximum atomic E-state index is 12.6. The molecule has 184 valence electrons. The standard InChI is InChI=1S/C15H22F3N3O3.C8H10O/c1-14(2,3)24-13(22)19-11-9-21(10-7-5-4-6-8-10)20-12(11)23-15(16,17)18;1-9-7-8-5-3-2-4-6-8/h9-10H,4-8H2,1-3H3,(H,19,22);2-6H,7H2,1H3. The largest absolute Gasteiger partial charge is 0.574 e. The number of hydrogen-bond donors (Lipinski definition) is 1. The molecule has 0 unspecified atom stereocenters. The first-order valence-corrected chi connectivity index (χ1v) is 10.8. The Labute approximate surface area is 192 Å². The average molecular weight is 472 g/mol. The molecule has 1 aliphatic rings. The van der Waals surface area contributed by atoms with E-state index >= 15 is 0 Å². The molecule has 1 saturated carbocycles. The summed E-state index contributed by atoms with van der Waals surface area (Å²) in [6, 6.07) is 10.1. The summed E-state index contributed by atoms with van der Waals surface area (Å²) in [5.74, 6) is -0.682. The Balaban J connectivity index is 0.000000357. The van der Waals surface area contributed by atoms with E-state index in [1.54, 1.807) is 27.9 Å². The van der Waals surface area contributed by atoms with Crippen molar-refractivity contribution >= 4 is 11.8 Å². The fraction of sp³-hybridized carbons (Fsp3) is 0.565. The van der Waals surface area contributed by atoms with Crippen molar-refractivity contribution in [3.05, 3.63) is 42.1 Å². The first-order chi connectivity index (χ1) is 15.5. The van der Waals surface area contributed by atoms with E-state index < -0.39 is 23.9 Å². The van der Waals surface area contributed by atoms with Gasteiger partial charge in [-0.2, -0.15) is 0 Å². The Morgan fingerprint density at radius 3 is 2.30 bits per heavy atom. The van der Waals surface area contributed by atoms with Gasteiger partial charge in [0.1, 0.15) is 11.3 Å². The molecule has 2 aromatic rings. The zero-order valence-corrected chi connectivity index (χ0v) is 19.4. The summed E-state index contributed by atoms with van der Waals surface area (Å²) in [7, 11) is 1.70. The molecule has 0 bridgehead atoms. The number of nitrogens with one attached hydrogen (secondary N) is 1. The summed E-state index contributed by atoms with van der Waals surface area (Å²) in [6.07, 6.45) is 0.364. The van der Waals surface area contributed by atoms with Crippen molar-refractivity contribution in [3.8, 4) is 5.88 Å². The molecule has 1 aliphatic carbocycles. The van der Waals surface area contributed by atoms with Gasteiger partial charge in [-0.1, -0.05) is 49.6 Å². The van der Waals surface area contributed by atoms with Gasteiger partial charge in [-0.05, 0) is 39.2 Å². The SMILES string of the molecule is CC(C)(C)OC(=O)Nc1cn(C2CCCCC2)nc1OC(F)(F)F.COCc1ccccc1. The monoisotopic (exact) mass is 471 g/mol. The summed E-state index contributed by atoms with van der Waals surface area (Å²) in [5, 5.41) is 6.15. The highest BCUT2D eigenvalue weighted by Gasteiger charge is 2.35. The van der Waals surface area contributed by atoms with Crippen LogP contribution in [-0.2, 0) is 16.1 Å². The van der Waals surface area contributed by atoms with E-state index in [9.17, 15) is 18.0 Å². The molecule has 1 fully saturated rings. The molecule has 0 saturated heterocycles. The minimum absolute atomic E-state index is 0.00326. The zero-order valence-electron chi connectivity index (χ0n) is 19.4. The van der Waals surface area contributed by atoms with Crippen LogP contribution in [0.2, 0.25) is 0 Å². The second-order valence-corrected chi connectivity index (χ2v) is 8.71. The summed E-state index contributed by atoms with van der Waals surface area (Å²) in [6.45, 7) is 5.68. The number of carbonyl (C=O) groups excluding carboxylic acids is 1. The highest BCUT2D eigenvalue weighted by Crippen LogP contribution is 2.34. The molecule has 0 radical (unpaired) electrons. The van der Waals surface area contributed by atoms with Crippen LogP contribution < -0.4 is 10.1 Å². The lowest BCUT2D eigenvalue weighted by Crippen LogP contribution is -2.27. The predicted octanol–water partition coefficient (Wildman–Crippen LogP) is 6.47. The number of hydrogen-bond acceptors (Lipinski definition) is 5. The molecule has 1 amide bonds. The highest BCUT2D eigenvalue weighted by atomic mass is 19.4. The molecular weight excluding hydrogens is 439 g/mol. The smallest absolute Gasteiger partial charge is 0.444 e. The van der Waals surface area contributed by atoms with Crippen LogP contribution in [0.4, 0.5) is 23.7 Å². The molecule has 0 atom stereocenters. The third-order valence-corrected chi connectivity index (χ3v) is 4.65. The Bertz CT molecular complexity index is 858. The van der Waals surface area contributed by atoms with E-state index in [-0.39, 0.29) is 11.7 Å². The maximum absolute atomic E-state index is 12.6. The Kier molecular flexibility index (Phi) is 9.57. The van der Waals surface area contributed by atoms with Crippen LogP contribution in [0.15, 0.2) is 36.5 Å². The molecule has 7 nitrogen and oxygen atoms in total. The average Bonchev–Trinajstić information content (AvgIpc) is 3.09. The lowest BCUT2D eigenvalue weighted by Gasteiger charge is -2.21. The van der Waals surface area contributed by atoms with Gasteiger partial charge in [-0.25, -0.2) is 4.79 Å². The van der Waals surface area contributed by atoms with Crippen LogP contribution in [0.1, 0.15) is 64.5 Å². The van der Waals surface area contributed by atoms with Crippen molar-refractivity contribution in [1.82, 2.24) is 9.78 Å². The lowest BCUT2D eigenvalue weighted by molar-refractivity contribution is -0.276. The number of nitrogens with zero attached hydrogens (tertiary/aromatic N) is 2. The third kappa shape index (κ3) is 10.2. The van der Waals surface area contributed by atoms with Gasteiger partial charge >= 0.3 is 12.5 Å². The summed E-state index contributed by atoms with van der Waals surface area (Å²) >= 11 is 0. The number of rotatable bonds is 5. The third-order valence-electron chi connectivity index (χ3n) is 4.65. The van der Waals surface area contributed by atoms with Gasteiger partial charge in [0.2, 0.25) is 0 Å². The van der Waals surface area contributed by atoms with E-state index in [2.05, 4.69) is 15.2 Å². The number of alkyl halides is 3. The number of carbonyl (C=O) groups is 1. The zero-order chi connectivity index (χ0) is 24.5. The minimum atomic E-state index is -4.89. The number of methoxy groups -OCH3 is 1. The van der Waals surface area contributed by atoms with Crippen LogP contribution in [-0.4, -0.2) is 34.9 Å². The number of anilines is 1. The second kappa shape index (κ2) is 11.9. The minimum Gasteiger partial charge on any atom is -0.444 e. The van der Waals surface area contributed by atoms with Gasteiger partial charge in [0.05, 0.1) is 18.8 Å². The molecule has 33 heavy (non-hydrogen) atoms. The molecule has 0 spiro atoms. The molecule has 1 aromatic heterocycles. The molecule has 0 aliphatic heterocycles. The van der Waals surface area contributed by atoms with E-state index in [1.807, 2.05) is 30.3 Å². The summed E-state index contributed by atoms with van der Waals surface area (Å²) in [4.78, 5) is 11.8. The number of benzene rings is 1. The quantitative estimate of drug-likeness (QED) is 0.541. The molecule has 3 rings (SSSR count). The van der Waals surface area contributed by atoms with Crippen LogP contribution in [0.3, 0.4) is 0 Å². The molecular formula is C23H32F3N3O4. The van der Waals surface area contributed by atoms with Crippen LogP contribution >= 0.6 is 0 Å². The van der Waals surface area contributed by atoms with Crippen molar-refractivity contribution in [1.29, 1.82) is 0 Å². The van der Waals surface area contributed by atoms with Gasteiger partial charge in [-0.15, -0.1) is 18.3 Å². The molecule has 1 heterocycles. The van der Waals surface area contributed by atoms with Crippen molar-refractivity contribution in [2.24, 2.45) is 0 Å². The number of ether oxygens (including phenoxy) is 3. The first kappa shape index (κ1) is 26.5. The summed E-state index contributed by atoms with van der Waals surface area (Å²) < 4.78 is 53.1. The van der Waals surface area contributed by atoms with E-state index in [0.717, 1.165) is 32.1 Å². The van der Waals surface area contributed by atoms with Gasteiger partial charge in [-0.3, -0.25) is 10.00 Å². The molecule has 1 aromatic carbocycles. The van der Waals surface area contributed by atoms with Crippen molar-refractivity contribution in [2.45, 2.75) is 77.5 Å². The Morgan fingerprint density at radius 2 is 1.76 bits per heavy atom. The fourth-order valence-electron chi connectivity index (χ4n) is 3.33. The molecule has 1 N–H and O–H groups in total. The van der Waals surface area contributed by atoms with Gasteiger partial charge < -0.3 is 14.2 Å². The first-order valence-electron chi connectivity index (χ1n) is 10.8. The van der Waals surface area contributed by atoms with Gasteiger partial charge in [0.25, 0.3) is 5.88 Å². The van der Waals surface area contributed by atoms with E-state index in [0.29, 0.717) is 6.61 Å².